The van der Waals surface area contributed by atoms with Crippen LogP contribution in [0.15, 0.2) is 87.9 Å². The summed E-state index contributed by atoms with van der Waals surface area (Å²) in [6.07, 6.45) is -2.44. The number of fused-ring (bicyclic) bond motifs is 1. The zero-order valence-electron chi connectivity index (χ0n) is 17.4. The minimum Gasteiger partial charge on any atom is -0.362 e. The van der Waals surface area contributed by atoms with E-state index < -0.39 is 23.3 Å². The van der Waals surface area contributed by atoms with Crippen molar-refractivity contribution < 1.29 is 18.0 Å². The van der Waals surface area contributed by atoms with Gasteiger partial charge < -0.3 is 10.2 Å². The summed E-state index contributed by atoms with van der Waals surface area (Å²) >= 11 is 0. The van der Waals surface area contributed by atoms with Gasteiger partial charge in [-0.3, -0.25) is 4.79 Å². The van der Waals surface area contributed by atoms with E-state index >= 15 is 0 Å². The third-order valence-electron chi connectivity index (χ3n) is 6.53. The number of nitrogens with zero attached hydrogens (tertiary/aromatic N) is 3. The van der Waals surface area contributed by atoms with E-state index in [9.17, 15) is 18.0 Å². The lowest BCUT2D eigenvalue weighted by Gasteiger charge is -2.47. The molecule has 32 heavy (non-hydrogen) atoms. The van der Waals surface area contributed by atoms with Crippen LogP contribution in [0.4, 0.5) is 18.9 Å². The minimum absolute atomic E-state index is 0.213. The van der Waals surface area contributed by atoms with Crippen molar-refractivity contribution in [3.8, 4) is 0 Å². The van der Waals surface area contributed by atoms with Crippen molar-refractivity contribution in [1.29, 1.82) is 0 Å². The maximum Gasteiger partial charge on any atom is 0.416 e. The third-order valence-corrected chi connectivity index (χ3v) is 6.53. The second kappa shape index (κ2) is 7.32. The van der Waals surface area contributed by atoms with Gasteiger partial charge in [0.15, 0.2) is 6.17 Å². The molecule has 5 rings (SSSR count). The molecule has 3 aliphatic heterocycles. The number of nitrogens with one attached hydrogen (secondary N) is 1. The normalized spacial score (nSPS) is 24.8. The maximum absolute atomic E-state index is 13.9. The first-order valence-corrected chi connectivity index (χ1v) is 10.5. The van der Waals surface area contributed by atoms with Crippen molar-refractivity contribution in [2.45, 2.75) is 37.5 Å². The van der Waals surface area contributed by atoms with Gasteiger partial charge in [-0.15, -0.1) is 0 Å². The molecule has 1 N–H and O–H groups in total. The minimum atomic E-state index is -4.49. The topological polar surface area (TPSA) is 57.1 Å². The molecule has 164 valence electrons. The van der Waals surface area contributed by atoms with Gasteiger partial charge in [0, 0.05) is 29.9 Å². The number of carbonyl (C=O) groups is 1. The average molecular weight is 438 g/mol. The summed E-state index contributed by atoms with van der Waals surface area (Å²) < 4.78 is 40.7. The first-order valence-electron chi connectivity index (χ1n) is 10.5. The number of halogens is 3. The van der Waals surface area contributed by atoms with Crippen LogP contribution >= 0.6 is 0 Å². The third kappa shape index (κ3) is 2.97. The Bertz CT molecular complexity index is 1170. The number of anilines is 1. The summed E-state index contributed by atoms with van der Waals surface area (Å²) in [6, 6.07) is 14.6. The fraction of sp³-hybridized carbons (Fsp3) is 0.292. The van der Waals surface area contributed by atoms with Crippen LogP contribution < -0.4 is 10.2 Å². The predicted molar refractivity (Wildman–Crippen MR) is 114 cm³/mol. The van der Waals surface area contributed by atoms with Crippen molar-refractivity contribution in [3.63, 3.8) is 0 Å². The zero-order valence-corrected chi connectivity index (χ0v) is 17.4. The molecule has 0 fully saturated rings. The predicted octanol–water partition coefficient (Wildman–Crippen LogP) is 5.32. The summed E-state index contributed by atoms with van der Waals surface area (Å²) in [7, 11) is 0. The maximum atomic E-state index is 13.9. The lowest BCUT2D eigenvalue weighted by molar-refractivity contribution is -0.137. The quantitative estimate of drug-likeness (QED) is 0.705. The summed E-state index contributed by atoms with van der Waals surface area (Å²) in [6.45, 7) is 2.36. The van der Waals surface area contributed by atoms with Crippen LogP contribution in [0.2, 0.25) is 0 Å². The van der Waals surface area contributed by atoms with Crippen LogP contribution in [0, 0.1) is 0 Å². The zero-order chi connectivity index (χ0) is 22.5. The highest BCUT2D eigenvalue weighted by molar-refractivity contribution is 6.09. The molecule has 3 aliphatic rings. The molecule has 3 heterocycles. The fourth-order valence-corrected chi connectivity index (χ4v) is 5.06. The summed E-state index contributed by atoms with van der Waals surface area (Å²) in [4.78, 5) is 15.6. The van der Waals surface area contributed by atoms with E-state index in [1.165, 1.54) is 6.07 Å². The van der Waals surface area contributed by atoms with E-state index in [1.807, 2.05) is 37.3 Å². The molecule has 0 spiro atoms. The molecule has 0 aromatic heterocycles. The molecule has 0 bridgehead atoms. The van der Waals surface area contributed by atoms with Crippen LogP contribution in [0.1, 0.15) is 30.9 Å². The number of benzene rings is 2. The smallest absolute Gasteiger partial charge is 0.362 e. The number of hydrogen-bond donors (Lipinski definition) is 1. The van der Waals surface area contributed by atoms with Gasteiger partial charge in [0.1, 0.15) is 0 Å². The second-order valence-corrected chi connectivity index (χ2v) is 8.10. The van der Waals surface area contributed by atoms with E-state index in [0.29, 0.717) is 36.1 Å². The number of alkyl halides is 3. The molecule has 5 nitrogen and oxygen atoms in total. The molecule has 2 aromatic rings. The molecule has 0 saturated heterocycles. The van der Waals surface area contributed by atoms with Crippen LogP contribution in [0.5, 0.6) is 0 Å². The standard InChI is InChI=1S/C24H21F3N4O/c1-2-23(15-7-6-8-16(13-15)24(25,26)27)18-14-28-30-21(18)29-19-11-12-31(22(32)20(19)23)17-9-4-3-5-10-17/h3-10,13-14,21,29H,2,11-12H2,1H3/t21?,23-/m0/s1. The number of carbonyl (C=O) groups excluding carboxylic acids is 1. The van der Waals surface area contributed by atoms with Crippen molar-refractivity contribution in [2.75, 3.05) is 11.4 Å². The SMILES string of the molecule is CC[C@]1(c2cccc(C(F)(F)F)c2)C2=CN=NC2NC2=C1C(=O)N(c1ccccc1)CC2. The Morgan fingerprint density at radius 2 is 1.94 bits per heavy atom. The van der Waals surface area contributed by atoms with E-state index in [1.54, 1.807) is 17.2 Å². The van der Waals surface area contributed by atoms with E-state index in [4.69, 9.17) is 0 Å². The van der Waals surface area contributed by atoms with E-state index in [2.05, 4.69) is 15.5 Å². The van der Waals surface area contributed by atoms with Crippen LogP contribution in [-0.4, -0.2) is 18.6 Å². The van der Waals surface area contributed by atoms with Gasteiger partial charge in [-0.1, -0.05) is 43.3 Å². The van der Waals surface area contributed by atoms with Gasteiger partial charge in [0.2, 0.25) is 0 Å². The number of azo groups is 1. The molecule has 2 atom stereocenters. The van der Waals surface area contributed by atoms with Gasteiger partial charge in [0.05, 0.1) is 22.8 Å². The van der Waals surface area contributed by atoms with Crippen molar-refractivity contribution in [3.05, 3.63) is 88.8 Å². The van der Waals surface area contributed by atoms with E-state index in [-0.39, 0.29) is 5.91 Å². The Labute approximate surface area is 183 Å². The Morgan fingerprint density at radius 3 is 2.66 bits per heavy atom. The monoisotopic (exact) mass is 438 g/mol. The Morgan fingerprint density at radius 1 is 1.16 bits per heavy atom. The van der Waals surface area contributed by atoms with Crippen molar-refractivity contribution >= 4 is 11.6 Å². The van der Waals surface area contributed by atoms with Gasteiger partial charge in [0.25, 0.3) is 5.91 Å². The Kier molecular flexibility index (Phi) is 4.69. The lowest BCUT2D eigenvalue weighted by atomic mass is 9.62. The molecular weight excluding hydrogens is 417 g/mol. The van der Waals surface area contributed by atoms with Gasteiger partial charge >= 0.3 is 6.18 Å². The molecule has 0 aliphatic carbocycles. The number of hydrogen-bond acceptors (Lipinski definition) is 4. The second-order valence-electron chi connectivity index (χ2n) is 8.10. The Balaban J connectivity index is 1.72. The van der Waals surface area contributed by atoms with Crippen molar-refractivity contribution in [1.82, 2.24) is 5.32 Å². The van der Waals surface area contributed by atoms with Gasteiger partial charge in [-0.2, -0.15) is 23.4 Å². The van der Waals surface area contributed by atoms with E-state index in [0.717, 1.165) is 23.5 Å². The largest absolute Gasteiger partial charge is 0.416 e. The summed E-state index contributed by atoms with van der Waals surface area (Å²) in [5.74, 6) is -0.213. The van der Waals surface area contributed by atoms with Gasteiger partial charge in [-0.25, -0.2) is 0 Å². The summed E-state index contributed by atoms with van der Waals surface area (Å²) in [5.41, 5.74) is 1.29. The highest BCUT2D eigenvalue weighted by Gasteiger charge is 2.53. The molecule has 1 amide bonds. The molecule has 0 radical (unpaired) electrons. The highest BCUT2D eigenvalue weighted by atomic mass is 19.4. The van der Waals surface area contributed by atoms with Crippen LogP contribution in [-0.2, 0) is 16.4 Å². The van der Waals surface area contributed by atoms with Crippen LogP contribution in [0.25, 0.3) is 0 Å². The molecule has 8 heteroatoms. The summed E-state index contributed by atoms with van der Waals surface area (Å²) in [5, 5.41) is 11.6. The van der Waals surface area contributed by atoms with Gasteiger partial charge in [-0.05, 0) is 30.2 Å². The molecule has 2 aromatic carbocycles. The number of para-hydroxylation sites is 1. The number of amides is 1. The lowest BCUT2D eigenvalue weighted by Crippen LogP contribution is -2.54. The molecular formula is C24H21F3N4O. The fourth-order valence-electron chi connectivity index (χ4n) is 5.06. The molecule has 1 unspecified atom stereocenters. The number of rotatable bonds is 3. The first-order chi connectivity index (χ1) is 15.4. The molecule has 0 saturated carbocycles. The first kappa shape index (κ1) is 20.5. The Hall–Kier alpha value is -3.42. The van der Waals surface area contributed by atoms with Crippen LogP contribution in [0.3, 0.4) is 0 Å². The average Bonchev–Trinajstić information content (AvgIpc) is 3.27. The highest BCUT2D eigenvalue weighted by Crippen LogP contribution is 2.51. The van der Waals surface area contributed by atoms with Crippen molar-refractivity contribution in [2.24, 2.45) is 10.2 Å².